The number of Topliss-reactive ketones (excluding diaryl/α,β-unsaturated/α-hetero) is 1. The van der Waals surface area contributed by atoms with Gasteiger partial charge in [0.1, 0.15) is 41.2 Å². The van der Waals surface area contributed by atoms with E-state index in [1.807, 2.05) is 123 Å². The van der Waals surface area contributed by atoms with Gasteiger partial charge >= 0.3 is 0 Å². The van der Waals surface area contributed by atoms with Crippen molar-refractivity contribution in [3.8, 4) is 32.2 Å². The second-order valence-corrected chi connectivity index (χ2v) is 28.9. The van der Waals surface area contributed by atoms with E-state index in [4.69, 9.17) is 18.0 Å². The number of carbonyl (C=O) groups is 6. The molecular formula is C75H89N11O13S2. The largest absolute Gasteiger partial charge is 0.443 e. The van der Waals surface area contributed by atoms with Crippen LogP contribution in [0, 0.1) is 46.5 Å². The third kappa shape index (κ3) is 18.1. The molecule has 534 valence electrons. The zero-order valence-electron chi connectivity index (χ0n) is 58.7. The summed E-state index contributed by atoms with van der Waals surface area (Å²) in [7, 11) is 0. The summed E-state index contributed by atoms with van der Waals surface area (Å²) in [6.07, 6.45) is 2.54. The van der Waals surface area contributed by atoms with Crippen LogP contribution in [0.2, 0.25) is 0 Å². The molecule has 24 nitrogen and oxygen atoms in total. The van der Waals surface area contributed by atoms with Crippen molar-refractivity contribution in [1.29, 1.82) is 0 Å². The monoisotopic (exact) mass is 1420 g/mol. The number of aliphatic hydroxyl groups is 3. The van der Waals surface area contributed by atoms with Crippen molar-refractivity contribution in [1.82, 2.24) is 55.8 Å². The van der Waals surface area contributed by atoms with Gasteiger partial charge in [0.05, 0.1) is 79.5 Å². The lowest BCUT2D eigenvalue weighted by Gasteiger charge is -2.28. The molecule has 5 N–H and O–H groups in total. The summed E-state index contributed by atoms with van der Waals surface area (Å²) in [5, 5.41) is 48.4. The number of likely N-dealkylation sites (tertiary alicyclic amines) is 3. The van der Waals surface area contributed by atoms with Crippen LogP contribution in [-0.4, -0.2) is 152 Å². The van der Waals surface area contributed by atoms with Gasteiger partial charge < -0.3 is 58.6 Å². The molecule has 3 saturated heterocycles. The highest BCUT2D eigenvalue weighted by atomic mass is 32.1. The van der Waals surface area contributed by atoms with E-state index in [-0.39, 0.29) is 92.0 Å². The number of hydrogen-bond acceptors (Lipinski definition) is 21. The van der Waals surface area contributed by atoms with E-state index < -0.39 is 54.2 Å². The molecule has 101 heavy (non-hydrogen) atoms. The first-order valence-corrected chi connectivity index (χ1v) is 35.9. The molecule has 0 spiro atoms. The Morgan fingerprint density at radius 2 is 1.02 bits per heavy atom. The fourth-order valence-corrected chi connectivity index (χ4v) is 14.8. The maximum absolute atomic E-state index is 13.4. The number of nitrogens with one attached hydrogen (secondary N) is 2. The molecule has 0 radical (unpaired) electrons. The third-order valence-corrected chi connectivity index (χ3v) is 20.5. The number of benzene rings is 3. The van der Waals surface area contributed by atoms with Crippen LogP contribution >= 0.6 is 22.7 Å². The number of aromatic nitrogens is 6. The van der Waals surface area contributed by atoms with Gasteiger partial charge in [-0.25, -0.2) is 9.97 Å². The third-order valence-electron chi connectivity index (χ3n) is 18.7. The number of amides is 5. The standard InChI is InChI=1S/C26H31N3O4S.C25H30N4O5.C24H28N4O4S/c1-5-21(24-11-16(3)28-33-24)26(32)29-13-20(30)12-22(29)23(31)10-15(2)18-6-8-19(9-7-18)25-17(4)27-14-34-25;1-14(2)22(21-9-15(3)28-34-21)25(32)29-12-19(30)10-20(29)24(31)26-11-17-5-7-18(8-6-17)23-16(4)27-13-33-23;1-14(2)22(20-8-15(3)27-32-20)24(31)28-12-18(29)9-19(28)23(30)26-10-16-4-6-17(7-5-16)21-11-25-13-33-21/h6-9,11,14-15,20-22,30H,5,10,12-13H2,1-4H3;5-9,13-14,19-20,22,30H,10-12H2,1-4H3,(H,26,31);4-8,11,13-14,18-19,22,29H,9-10,12H2,1-3H3,(H,26,30)/t15-,20-,21-,22+;19-,20+,22-;18-,19+,22-/m111/s1. The minimum absolute atomic E-state index is 0.00213. The molecule has 0 bridgehead atoms. The van der Waals surface area contributed by atoms with Crippen molar-refractivity contribution < 1.29 is 62.1 Å². The molecule has 12 rings (SSSR count). The molecule has 3 fully saturated rings. The Morgan fingerprint density at radius 3 is 1.44 bits per heavy atom. The van der Waals surface area contributed by atoms with Crippen molar-refractivity contribution in [2.24, 2.45) is 11.8 Å². The summed E-state index contributed by atoms with van der Waals surface area (Å²) in [5.41, 5.74) is 13.6. The summed E-state index contributed by atoms with van der Waals surface area (Å²) >= 11 is 3.19. The molecule has 3 aromatic carbocycles. The molecule has 26 heteroatoms. The number of aryl methyl sites for hydroxylation is 5. The van der Waals surface area contributed by atoms with Gasteiger partial charge in [-0.15, -0.1) is 22.7 Å². The van der Waals surface area contributed by atoms with Crippen LogP contribution in [0.15, 0.2) is 133 Å². The van der Waals surface area contributed by atoms with Crippen LogP contribution in [0.3, 0.4) is 0 Å². The fourth-order valence-electron chi connectivity index (χ4n) is 13.3. The minimum atomic E-state index is -0.756. The van der Waals surface area contributed by atoms with Gasteiger partial charge in [0.2, 0.25) is 29.5 Å². The summed E-state index contributed by atoms with van der Waals surface area (Å²) < 4.78 is 21.5. The van der Waals surface area contributed by atoms with Crippen molar-refractivity contribution in [3.05, 3.63) is 177 Å². The Morgan fingerprint density at radius 1 is 0.554 bits per heavy atom. The Bertz CT molecular complexity index is 4250. The van der Waals surface area contributed by atoms with Gasteiger partial charge in [-0.1, -0.05) is 130 Å². The fraction of sp³-hybridized carbons (Fsp3) is 0.440. The van der Waals surface area contributed by atoms with Crippen LogP contribution in [0.25, 0.3) is 32.2 Å². The molecule has 9 aromatic rings. The maximum atomic E-state index is 13.4. The topological polar surface area (TPSA) is 327 Å². The lowest BCUT2D eigenvalue weighted by Crippen LogP contribution is -2.48. The maximum Gasteiger partial charge on any atom is 0.243 e. The summed E-state index contributed by atoms with van der Waals surface area (Å²) in [4.78, 5) is 98.8. The SMILES string of the molecule is CC[C@@H](C(=O)N1C[C@H](O)C[C@H]1C(=O)C[C@@H](C)c1ccc(-c2scnc2C)cc1)c1cc(C)no1.Cc1cc([C@H](C(=O)N2C[C@H](O)C[C@H]2C(=O)NCc2ccc(-c3cncs3)cc2)C(C)C)on1.Cc1cc([C@H](C(=O)N2C[C@H](O)C[C@H]2C(=O)NCc2ccc(-c3ocnc3C)cc2)C(C)C)on1. The predicted molar refractivity (Wildman–Crippen MR) is 379 cm³/mol. The quantitative estimate of drug-likeness (QED) is 0.0421. The lowest BCUT2D eigenvalue weighted by atomic mass is 9.91. The number of β-amino-alcohol motifs (C(OH)–C–C–N with tert-alkyl or cyclic N) is 3. The van der Waals surface area contributed by atoms with E-state index in [1.165, 1.54) is 16.2 Å². The van der Waals surface area contributed by atoms with Crippen LogP contribution in [0.4, 0.5) is 0 Å². The minimum Gasteiger partial charge on any atom is -0.443 e. The van der Waals surface area contributed by atoms with E-state index in [2.05, 4.69) is 65.3 Å². The van der Waals surface area contributed by atoms with Gasteiger partial charge in [0.15, 0.2) is 17.9 Å². The van der Waals surface area contributed by atoms with Crippen molar-refractivity contribution >= 4 is 58.0 Å². The molecule has 3 aliphatic heterocycles. The molecule has 0 unspecified atom stereocenters. The lowest BCUT2D eigenvalue weighted by molar-refractivity contribution is -0.141. The number of carbonyl (C=O) groups excluding carboxylic acids is 6. The molecule has 0 saturated carbocycles. The molecule has 9 heterocycles. The molecule has 5 amide bonds. The number of hydrogen-bond donors (Lipinski definition) is 5. The summed E-state index contributed by atoms with van der Waals surface area (Å²) in [5.74, 6) is -0.854. The zero-order chi connectivity index (χ0) is 72.3. The Hall–Kier alpha value is -9.34. The van der Waals surface area contributed by atoms with Crippen LogP contribution < -0.4 is 10.6 Å². The van der Waals surface area contributed by atoms with Gasteiger partial charge in [-0.05, 0) is 86.6 Å². The van der Waals surface area contributed by atoms with Crippen molar-refractivity contribution in [2.75, 3.05) is 19.6 Å². The molecule has 10 atom stereocenters. The average Bonchev–Trinajstić information content (AvgIpc) is 1.69. The van der Waals surface area contributed by atoms with Gasteiger partial charge in [0.25, 0.3) is 0 Å². The molecule has 6 aromatic heterocycles. The molecular weight excluding hydrogens is 1330 g/mol. The highest BCUT2D eigenvalue weighted by molar-refractivity contribution is 7.13. The van der Waals surface area contributed by atoms with E-state index in [0.29, 0.717) is 66.1 Å². The van der Waals surface area contributed by atoms with E-state index in [9.17, 15) is 44.1 Å². The molecule has 3 aliphatic rings. The van der Waals surface area contributed by atoms with Crippen LogP contribution in [0.1, 0.15) is 160 Å². The highest BCUT2D eigenvalue weighted by Crippen LogP contribution is 2.36. The Balaban J connectivity index is 0.000000163. The zero-order valence-corrected chi connectivity index (χ0v) is 60.4. The second-order valence-electron chi connectivity index (χ2n) is 27.1. The second kappa shape index (κ2) is 33.4. The summed E-state index contributed by atoms with van der Waals surface area (Å²) in [6.45, 7) is 21.9. The average molecular weight is 1420 g/mol. The first kappa shape index (κ1) is 74.4. The molecule has 0 aliphatic carbocycles. The number of thiazole rings is 2. The van der Waals surface area contributed by atoms with Gasteiger partial charge in [-0.3, -0.25) is 33.8 Å². The first-order valence-electron chi connectivity index (χ1n) is 34.2. The predicted octanol–water partition coefficient (Wildman–Crippen LogP) is 10.7. The number of ketones is 1. The van der Waals surface area contributed by atoms with Gasteiger partial charge in [-0.2, -0.15) is 0 Å². The van der Waals surface area contributed by atoms with Crippen molar-refractivity contribution in [2.45, 2.75) is 181 Å². The van der Waals surface area contributed by atoms with E-state index >= 15 is 0 Å². The number of rotatable bonds is 22. The Labute approximate surface area is 594 Å². The Kier molecular flexibility index (Phi) is 24.6. The van der Waals surface area contributed by atoms with Gasteiger partial charge in [0, 0.05) is 88.4 Å². The highest BCUT2D eigenvalue weighted by Gasteiger charge is 2.46. The van der Waals surface area contributed by atoms with Crippen molar-refractivity contribution in [3.63, 3.8) is 0 Å². The van der Waals surface area contributed by atoms with Crippen LogP contribution in [-0.2, 0) is 41.9 Å². The summed E-state index contributed by atoms with van der Waals surface area (Å²) in [6, 6.07) is 27.0. The number of aliphatic hydroxyl groups excluding tert-OH is 3. The first-order chi connectivity index (χ1) is 48.3. The number of nitrogens with zero attached hydrogens (tertiary/aromatic N) is 9. The number of oxazole rings is 1. The van der Waals surface area contributed by atoms with E-state index in [1.54, 1.807) is 65.1 Å². The smallest absolute Gasteiger partial charge is 0.243 e. The van der Waals surface area contributed by atoms with Crippen LogP contribution in [0.5, 0.6) is 0 Å². The van der Waals surface area contributed by atoms with E-state index in [0.717, 1.165) is 54.5 Å². The normalized spacial score (nSPS) is 19.3.